The normalized spacial score (nSPS) is 12.8. The van der Waals surface area contributed by atoms with E-state index in [1.165, 1.54) is 6.20 Å². The maximum absolute atomic E-state index is 10.1. The SMILES string of the molecule is [2H]C([2H])([2H])c1ccc(-n2c3[c-]c(Oc4ccc5cccc(O)c5n4)ccc3c3ccccc32)nc1.[Pt]. The molecule has 3 heterocycles. The minimum absolute atomic E-state index is 0. The first-order valence-corrected chi connectivity index (χ1v) is 10.1. The molecule has 0 unspecified atom stereocenters. The van der Waals surface area contributed by atoms with Crippen LogP contribution in [0.15, 0.2) is 85.1 Å². The third kappa shape index (κ3) is 3.65. The number of rotatable bonds is 3. The van der Waals surface area contributed by atoms with Gasteiger partial charge >= 0.3 is 0 Å². The first-order chi connectivity index (χ1) is 16.9. The van der Waals surface area contributed by atoms with Crippen molar-refractivity contribution < 1.29 is 35.0 Å². The van der Waals surface area contributed by atoms with E-state index < -0.39 is 6.85 Å². The number of pyridine rings is 2. The molecule has 0 aliphatic rings. The number of aromatic nitrogens is 3. The second-order valence-electron chi connectivity index (χ2n) is 7.44. The molecule has 3 aromatic heterocycles. The Bertz CT molecular complexity index is 1730. The first kappa shape index (κ1) is 17.8. The second kappa shape index (κ2) is 8.34. The van der Waals surface area contributed by atoms with Crippen LogP contribution >= 0.6 is 0 Å². The van der Waals surface area contributed by atoms with E-state index in [-0.39, 0.29) is 32.4 Å². The van der Waals surface area contributed by atoms with Gasteiger partial charge in [-0.05, 0) is 42.1 Å². The third-order valence-corrected chi connectivity index (χ3v) is 5.42. The zero-order valence-electron chi connectivity index (χ0n) is 20.1. The number of ether oxygens (including phenoxy) is 1. The summed E-state index contributed by atoms with van der Waals surface area (Å²) in [6, 6.07) is 27.1. The Morgan fingerprint density at radius 1 is 0.939 bits per heavy atom. The maximum atomic E-state index is 10.1. The zero-order valence-corrected chi connectivity index (χ0v) is 19.4. The molecule has 0 aliphatic heterocycles. The van der Waals surface area contributed by atoms with Gasteiger partial charge in [0.1, 0.15) is 17.1 Å². The van der Waals surface area contributed by atoms with E-state index in [9.17, 15) is 5.11 Å². The molecule has 0 aliphatic carbocycles. The van der Waals surface area contributed by atoms with Crippen LogP contribution in [0.2, 0.25) is 0 Å². The summed E-state index contributed by atoms with van der Waals surface area (Å²) in [5, 5.41) is 12.9. The smallest absolute Gasteiger partial charge is 0.217 e. The standard InChI is InChI=1S/C27H18N3O2.Pt/c1-17-9-13-25(28-16-17)30-22-7-3-2-6-20(22)21-12-11-19(15-23(21)30)32-26-14-10-18-5-4-8-24(31)27(18)29-26;/h2-14,16,31H,1H3;/q-1;/i1D3;. The molecular weight excluding hydrogens is 593 g/mol. The van der Waals surface area contributed by atoms with Crippen LogP contribution < -0.4 is 4.74 Å². The number of fused-ring (bicyclic) bond motifs is 4. The van der Waals surface area contributed by atoms with Crippen LogP contribution in [-0.2, 0) is 21.1 Å². The predicted molar refractivity (Wildman–Crippen MR) is 126 cm³/mol. The van der Waals surface area contributed by atoms with Crippen molar-refractivity contribution in [2.24, 2.45) is 0 Å². The monoisotopic (exact) mass is 614 g/mol. The summed E-state index contributed by atoms with van der Waals surface area (Å²) in [5.74, 6) is 1.44. The third-order valence-electron chi connectivity index (χ3n) is 5.42. The Morgan fingerprint density at radius 2 is 1.85 bits per heavy atom. The van der Waals surface area contributed by atoms with Crippen LogP contribution in [0.5, 0.6) is 17.4 Å². The van der Waals surface area contributed by atoms with Crippen LogP contribution in [0.4, 0.5) is 0 Å². The Balaban J connectivity index is 0.00000267. The molecule has 33 heavy (non-hydrogen) atoms. The zero-order chi connectivity index (χ0) is 24.2. The van der Waals surface area contributed by atoms with Gasteiger partial charge in [0.15, 0.2) is 0 Å². The van der Waals surface area contributed by atoms with Gasteiger partial charge in [0, 0.05) is 54.1 Å². The van der Waals surface area contributed by atoms with Crippen LogP contribution in [-0.4, -0.2) is 19.6 Å². The Labute approximate surface area is 208 Å². The summed E-state index contributed by atoms with van der Waals surface area (Å²) in [6.45, 7) is -2.22. The number of benzene rings is 3. The van der Waals surface area contributed by atoms with Crippen molar-refractivity contribution in [1.82, 2.24) is 14.5 Å². The van der Waals surface area contributed by atoms with E-state index in [0.29, 0.717) is 23.0 Å². The summed E-state index contributed by atoms with van der Waals surface area (Å²) in [4.78, 5) is 8.89. The van der Waals surface area contributed by atoms with Crippen LogP contribution in [0.3, 0.4) is 0 Å². The minimum atomic E-state index is -2.22. The number of aromatic hydroxyl groups is 1. The fourth-order valence-electron chi connectivity index (χ4n) is 3.97. The Kier molecular flexibility index (Phi) is 4.50. The van der Waals surface area contributed by atoms with Crippen molar-refractivity contribution in [3.8, 4) is 23.2 Å². The molecule has 0 atom stereocenters. The summed E-state index contributed by atoms with van der Waals surface area (Å²) < 4.78 is 30.8. The number of nitrogens with zero attached hydrogens (tertiary/aromatic N) is 3. The summed E-state index contributed by atoms with van der Waals surface area (Å²) in [7, 11) is 0. The van der Waals surface area contributed by atoms with E-state index in [4.69, 9.17) is 8.85 Å². The van der Waals surface area contributed by atoms with Gasteiger partial charge in [-0.15, -0.1) is 17.5 Å². The number of hydrogen-bond donors (Lipinski definition) is 1. The van der Waals surface area contributed by atoms with Gasteiger partial charge in [-0.3, -0.25) is 0 Å². The molecule has 3 aromatic carbocycles. The van der Waals surface area contributed by atoms with E-state index in [1.807, 2.05) is 53.1 Å². The summed E-state index contributed by atoms with van der Waals surface area (Å²) >= 11 is 0. The van der Waals surface area contributed by atoms with Crippen molar-refractivity contribution in [1.29, 1.82) is 0 Å². The largest absolute Gasteiger partial charge is 0.506 e. The fraction of sp³-hybridized carbons (Fsp3) is 0.0370. The van der Waals surface area contributed by atoms with Gasteiger partial charge in [0.2, 0.25) is 5.88 Å². The number of aryl methyl sites for hydroxylation is 1. The number of para-hydroxylation sites is 2. The maximum Gasteiger partial charge on any atom is 0.217 e. The molecule has 0 fully saturated rings. The molecule has 0 saturated carbocycles. The van der Waals surface area contributed by atoms with Crippen molar-refractivity contribution in [2.45, 2.75) is 6.85 Å². The van der Waals surface area contributed by atoms with Crippen molar-refractivity contribution >= 4 is 32.7 Å². The van der Waals surface area contributed by atoms with Gasteiger partial charge in [0.25, 0.3) is 0 Å². The van der Waals surface area contributed by atoms with Crippen molar-refractivity contribution in [3.63, 3.8) is 0 Å². The molecule has 164 valence electrons. The number of phenolic OH excluding ortho intramolecular Hbond substituents is 1. The van der Waals surface area contributed by atoms with Gasteiger partial charge in [0.05, 0.1) is 0 Å². The van der Waals surface area contributed by atoms with Gasteiger partial charge in [-0.2, -0.15) is 6.07 Å². The molecule has 0 spiro atoms. The molecule has 0 amide bonds. The average molecular weight is 615 g/mol. The Hall–Kier alpha value is -3.69. The molecule has 0 saturated heterocycles. The van der Waals surface area contributed by atoms with Gasteiger partial charge in [-0.25, -0.2) is 9.97 Å². The molecule has 5 nitrogen and oxygen atoms in total. The van der Waals surface area contributed by atoms with E-state index >= 15 is 0 Å². The summed E-state index contributed by atoms with van der Waals surface area (Å²) in [5.41, 5.74) is 2.29. The first-order valence-electron chi connectivity index (χ1n) is 11.6. The second-order valence-corrected chi connectivity index (χ2v) is 7.44. The van der Waals surface area contributed by atoms with Gasteiger partial charge in [-0.1, -0.05) is 41.9 Å². The van der Waals surface area contributed by atoms with E-state index in [2.05, 4.69) is 16.0 Å². The van der Waals surface area contributed by atoms with Crippen molar-refractivity contribution in [3.05, 3.63) is 96.7 Å². The molecular formula is C27H18N3O2Pt-. The van der Waals surface area contributed by atoms with Crippen LogP contribution in [0.1, 0.15) is 9.68 Å². The molecule has 6 heteroatoms. The van der Waals surface area contributed by atoms with Crippen LogP contribution in [0.25, 0.3) is 38.5 Å². The number of phenols is 1. The predicted octanol–water partition coefficient (Wildman–Crippen LogP) is 6.33. The quantitative estimate of drug-likeness (QED) is 0.237. The molecule has 6 rings (SSSR count). The van der Waals surface area contributed by atoms with Gasteiger partial charge < -0.3 is 14.4 Å². The topological polar surface area (TPSA) is 60.2 Å². The minimum Gasteiger partial charge on any atom is -0.506 e. The average Bonchev–Trinajstić information content (AvgIpc) is 3.18. The van der Waals surface area contributed by atoms with Crippen molar-refractivity contribution in [2.75, 3.05) is 0 Å². The van der Waals surface area contributed by atoms with E-state index in [1.54, 1.807) is 30.3 Å². The van der Waals surface area contributed by atoms with E-state index in [0.717, 1.165) is 27.2 Å². The molecule has 0 radical (unpaired) electrons. The molecule has 0 bridgehead atoms. The molecule has 6 aromatic rings. The number of hydrogen-bond acceptors (Lipinski definition) is 4. The molecule has 1 N–H and O–H groups in total. The van der Waals surface area contributed by atoms with Crippen LogP contribution in [0, 0.1) is 12.9 Å². The Morgan fingerprint density at radius 3 is 2.70 bits per heavy atom. The summed E-state index contributed by atoms with van der Waals surface area (Å²) in [6.07, 6.45) is 1.38. The fourth-order valence-corrected chi connectivity index (χ4v) is 3.97.